The largest absolute Gasteiger partial charge is 0.396 e. The molecule has 0 saturated carbocycles. The SMILES string of the molecule is CSc1ccc([C@H]([NH3+])CCO)cc1. The van der Waals surface area contributed by atoms with E-state index in [0.717, 1.165) is 6.42 Å². The van der Waals surface area contributed by atoms with Gasteiger partial charge in [-0.25, -0.2) is 0 Å². The topological polar surface area (TPSA) is 47.9 Å². The molecule has 0 unspecified atom stereocenters. The number of benzene rings is 1. The Morgan fingerprint density at radius 1 is 1.38 bits per heavy atom. The molecule has 3 heteroatoms. The van der Waals surface area contributed by atoms with E-state index in [0.29, 0.717) is 0 Å². The Kier molecular flexibility index (Phi) is 4.28. The molecule has 1 atom stereocenters. The fourth-order valence-electron chi connectivity index (χ4n) is 1.20. The van der Waals surface area contributed by atoms with Crippen LogP contribution in [0.15, 0.2) is 29.2 Å². The highest BCUT2D eigenvalue weighted by Crippen LogP contribution is 2.18. The lowest BCUT2D eigenvalue weighted by molar-refractivity contribution is -0.428. The van der Waals surface area contributed by atoms with E-state index in [9.17, 15) is 0 Å². The van der Waals surface area contributed by atoms with Gasteiger partial charge in [-0.2, -0.15) is 0 Å². The molecule has 0 aliphatic carbocycles. The summed E-state index contributed by atoms with van der Waals surface area (Å²) in [6.45, 7) is 0.207. The van der Waals surface area contributed by atoms with Gasteiger partial charge in [-0.1, -0.05) is 12.1 Å². The molecule has 4 N–H and O–H groups in total. The van der Waals surface area contributed by atoms with Crippen LogP contribution in [0.1, 0.15) is 18.0 Å². The molecule has 1 rings (SSSR count). The molecule has 0 aliphatic heterocycles. The highest BCUT2D eigenvalue weighted by molar-refractivity contribution is 7.98. The van der Waals surface area contributed by atoms with Gasteiger partial charge in [0.05, 0.1) is 0 Å². The Labute approximate surface area is 83.1 Å². The van der Waals surface area contributed by atoms with Crippen LogP contribution < -0.4 is 5.73 Å². The van der Waals surface area contributed by atoms with E-state index in [-0.39, 0.29) is 12.6 Å². The maximum absolute atomic E-state index is 8.75. The van der Waals surface area contributed by atoms with Gasteiger partial charge in [0.1, 0.15) is 6.04 Å². The van der Waals surface area contributed by atoms with Crippen molar-refractivity contribution < 1.29 is 10.8 Å². The van der Waals surface area contributed by atoms with Gasteiger partial charge in [-0.05, 0) is 18.4 Å². The van der Waals surface area contributed by atoms with Crippen LogP contribution in [0.2, 0.25) is 0 Å². The third-order valence-electron chi connectivity index (χ3n) is 2.06. The Bertz CT molecular complexity index is 248. The van der Waals surface area contributed by atoms with Gasteiger partial charge < -0.3 is 10.8 Å². The lowest BCUT2D eigenvalue weighted by Crippen LogP contribution is -2.53. The van der Waals surface area contributed by atoms with Crippen molar-refractivity contribution in [3.05, 3.63) is 29.8 Å². The first kappa shape index (κ1) is 10.6. The summed E-state index contributed by atoms with van der Waals surface area (Å²) in [6.07, 6.45) is 2.79. The molecule has 1 aromatic rings. The van der Waals surface area contributed by atoms with Crippen LogP contribution in [0, 0.1) is 0 Å². The molecule has 0 spiro atoms. The van der Waals surface area contributed by atoms with Crippen LogP contribution in [-0.2, 0) is 0 Å². The number of rotatable bonds is 4. The molecule has 0 fully saturated rings. The first-order valence-corrected chi connectivity index (χ1v) is 5.58. The van der Waals surface area contributed by atoms with E-state index in [4.69, 9.17) is 5.11 Å². The van der Waals surface area contributed by atoms with Crippen LogP contribution in [0.5, 0.6) is 0 Å². The molecule has 72 valence electrons. The second-order valence-corrected chi connectivity index (χ2v) is 3.86. The van der Waals surface area contributed by atoms with Crippen LogP contribution in [0.25, 0.3) is 0 Å². The van der Waals surface area contributed by atoms with Crippen molar-refractivity contribution in [1.82, 2.24) is 0 Å². The standard InChI is InChI=1S/C10H15NOS/c1-13-9-4-2-8(3-5-9)10(11)6-7-12/h2-5,10,12H,6-7,11H2,1H3/p+1/t10-/m1/s1. The zero-order valence-electron chi connectivity index (χ0n) is 7.86. The van der Waals surface area contributed by atoms with Gasteiger partial charge >= 0.3 is 0 Å². The van der Waals surface area contributed by atoms with Crippen LogP contribution in [-0.4, -0.2) is 18.0 Å². The predicted octanol–water partition coefficient (Wildman–Crippen LogP) is 1.07. The fourth-order valence-corrected chi connectivity index (χ4v) is 1.61. The average Bonchev–Trinajstić information content (AvgIpc) is 2.18. The molecule has 13 heavy (non-hydrogen) atoms. The lowest BCUT2D eigenvalue weighted by Gasteiger charge is -2.07. The molecule has 0 radical (unpaired) electrons. The second-order valence-electron chi connectivity index (χ2n) is 2.98. The first-order chi connectivity index (χ1) is 6.27. The molecular formula is C10H16NOS+. The number of hydrogen-bond donors (Lipinski definition) is 2. The minimum Gasteiger partial charge on any atom is -0.396 e. The Hall–Kier alpha value is -0.510. The van der Waals surface area contributed by atoms with Crippen molar-refractivity contribution in [2.45, 2.75) is 17.4 Å². The van der Waals surface area contributed by atoms with Crippen molar-refractivity contribution >= 4 is 11.8 Å². The number of aliphatic hydroxyl groups excluding tert-OH is 1. The van der Waals surface area contributed by atoms with E-state index >= 15 is 0 Å². The average molecular weight is 198 g/mol. The van der Waals surface area contributed by atoms with Crippen LogP contribution in [0.3, 0.4) is 0 Å². The van der Waals surface area contributed by atoms with Crippen molar-refractivity contribution in [2.75, 3.05) is 12.9 Å². The molecule has 0 bridgehead atoms. The molecule has 2 nitrogen and oxygen atoms in total. The quantitative estimate of drug-likeness (QED) is 0.711. The Balaban J connectivity index is 2.67. The smallest absolute Gasteiger partial charge is 0.112 e. The van der Waals surface area contributed by atoms with Gasteiger partial charge in [-0.3, -0.25) is 0 Å². The van der Waals surface area contributed by atoms with Gasteiger partial charge in [0.15, 0.2) is 0 Å². The number of aliphatic hydroxyl groups is 1. The summed E-state index contributed by atoms with van der Waals surface area (Å²) < 4.78 is 0. The Morgan fingerprint density at radius 2 is 2.00 bits per heavy atom. The van der Waals surface area contributed by atoms with Crippen molar-refractivity contribution in [2.24, 2.45) is 0 Å². The molecule has 0 aliphatic rings. The monoisotopic (exact) mass is 198 g/mol. The summed E-state index contributed by atoms with van der Waals surface area (Å²) in [7, 11) is 0. The minimum absolute atomic E-state index is 0.207. The maximum atomic E-state index is 8.75. The van der Waals surface area contributed by atoms with Gasteiger partial charge in [-0.15, -0.1) is 11.8 Å². The number of quaternary nitrogens is 1. The first-order valence-electron chi connectivity index (χ1n) is 4.36. The number of thioether (sulfide) groups is 1. The third-order valence-corrected chi connectivity index (χ3v) is 2.81. The Morgan fingerprint density at radius 3 is 2.46 bits per heavy atom. The normalized spacial score (nSPS) is 12.8. The van der Waals surface area contributed by atoms with Gasteiger partial charge in [0.2, 0.25) is 0 Å². The van der Waals surface area contributed by atoms with Crippen molar-refractivity contribution in [3.63, 3.8) is 0 Å². The molecule has 0 heterocycles. The highest BCUT2D eigenvalue weighted by Gasteiger charge is 2.07. The molecule has 1 aromatic carbocycles. The van der Waals surface area contributed by atoms with Crippen molar-refractivity contribution in [3.8, 4) is 0 Å². The van der Waals surface area contributed by atoms with E-state index < -0.39 is 0 Å². The number of hydrogen-bond acceptors (Lipinski definition) is 2. The van der Waals surface area contributed by atoms with Crippen LogP contribution >= 0.6 is 11.8 Å². The van der Waals surface area contributed by atoms with Crippen LogP contribution in [0.4, 0.5) is 0 Å². The summed E-state index contributed by atoms with van der Waals surface area (Å²) in [6, 6.07) is 8.56. The molecule has 0 amide bonds. The van der Waals surface area contributed by atoms with E-state index in [1.165, 1.54) is 10.5 Å². The van der Waals surface area contributed by atoms with Crippen molar-refractivity contribution in [1.29, 1.82) is 0 Å². The summed E-state index contributed by atoms with van der Waals surface area (Å²) in [5, 5.41) is 8.75. The zero-order valence-corrected chi connectivity index (χ0v) is 8.68. The fraction of sp³-hybridized carbons (Fsp3) is 0.400. The second kappa shape index (κ2) is 5.27. The molecular weight excluding hydrogens is 182 g/mol. The predicted molar refractivity (Wildman–Crippen MR) is 55.6 cm³/mol. The molecule has 0 saturated heterocycles. The van der Waals surface area contributed by atoms with Gasteiger partial charge in [0.25, 0.3) is 0 Å². The zero-order chi connectivity index (χ0) is 9.68. The minimum atomic E-state index is 0.207. The molecule has 0 aromatic heterocycles. The summed E-state index contributed by atoms with van der Waals surface area (Å²) in [5.74, 6) is 0. The van der Waals surface area contributed by atoms with E-state index in [1.54, 1.807) is 11.8 Å². The van der Waals surface area contributed by atoms with E-state index in [1.807, 2.05) is 0 Å². The summed E-state index contributed by atoms with van der Waals surface area (Å²) in [4.78, 5) is 1.26. The maximum Gasteiger partial charge on any atom is 0.112 e. The highest BCUT2D eigenvalue weighted by atomic mass is 32.2. The van der Waals surface area contributed by atoms with Gasteiger partial charge in [0, 0.05) is 23.5 Å². The third kappa shape index (κ3) is 3.03. The van der Waals surface area contributed by atoms with E-state index in [2.05, 4.69) is 36.3 Å². The summed E-state index contributed by atoms with van der Waals surface area (Å²) in [5.41, 5.74) is 5.19. The summed E-state index contributed by atoms with van der Waals surface area (Å²) >= 11 is 1.73. The lowest BCUT2D eigenvalue weighted by atomic mass is 10.1.